The van der Waals surface area contributed by atoms with Crippen LogP contribution in [0, 0.1) is 5.82 Å². The van der Waals surface area contributed by atoms with E-state index in [1.54, 1.807) is 25.3 Å². The molecule has 12 heteroatoms. The summed E-state index contributed by atoms with van der Waals surface area (Å²) in [6.07, 6.45) is 0.982. The number of halogens is 1. The highest BCUT2D eigenvalue weighted by Crippen LogP contribution is 2.47. The molecule has 42 heavy (non-hydrogen) atoms. The Labute approximate surface area is 243 Å². The van der Waals surface area contributed by atoms with Gasteiger partial charge in [-0.05, 0) is 63.3 Å². The molecule has 5 N–H and O–H groups in total. The number of benzene rings is 2. The maximum Gasteiger partial charge on any atom is 0.336 e. The molecule has 4 rings (SSSR count). The summed E-state index contributed by atoms with van der Waals surface area (Å²) >= 11 is 0. The molecule has 2 aromatic carbocycles. The minimum absolute atomic E-state index is 0.0705. The zero-order valence-corrected chi connectivity index (χ0v) is 23.8. The SMILES string of the molecule is COc1ccc(CN2C3CCC2CC(O)(c2ccccc2F)C3)cc1OC(C)C.O=C(O)CC(O)(CC(=O)O)C(=O)O. The minimum atomic E-state index is -2.74. The van der Waals surface area contributed by atoms with Gasteiger partial charge in [-0.15, -0.1) is 0 Å². The number of aliphatic hydroxyl groups is 2. The van der Waals surface area contributed by atoms with Gasteiger partial charge >= 0.3 is 17.9 Å². The average molecular weight is 592 g/mol. The first kappa shape index (κ1) is 32.8. The van der Waals surface area contributed by atoms with Gasteiger partial charge in [0, 0.05) is 24.2 Å². The molecule has 2 fully saturated rings. The fourth-order valence-corrected chi connectivity index (χ4v) is 5.72. The topological polar surface area (TPSA) is 174 Å². The van der Waals surface area contributed by atoms with E-state index in [1.165, 1.54) is 6.07 Å². The monoisotopic (exact) mass is 591 g/mol. The molecule has 2 aliphatic heterocycles. The second kappa shape index (κ2) is 13.5. The molecule has 2 atom stereocenters. The van der Waals surface area contributed by atoms with Crippen LogP contribution in [0.15, 0.2) is 42.5 Å². The van der Waals surface area contributed by atoms with Gasteiger partial charge in [-0.2, -0.15) is 0 Å². The third-order valence-corrected chi connectivity index (χ3v) is 7.53. The molecular formula is C30H38FNO10. The van der Waals surface area contributed by atoms with Gasteiger partial charge in [0.05, 0.1) is 31.7 Å². The van der Waals surface area contributed by atoms with Gasteiger partial charge in [0.15, 0.2) is 17.1 Å². The van der Waals surface area contributed by atoms with Gasteiger partial charge in [0.25, 0.3) is 0 Å². The van der Waals surface area contributed by atoms with Gasteiger partial charge in [-0.25, -0.2) is 9.18 Å². The number of carboxylic acids is 3. The lowest BCUT2D eigenvalue weighted by atomic mass is 9.80. The van der Waals surface area contributed by atoms with E-state index in [1.807, 2.05) is 19.9 Å². The predicted octanol–water partition coefficient (Wildman–Crippen LogP) is 3.39. The number of carboxylic acid groups (broad SMARTS) is 3. The zero-order valence-electron chi connectivity index (χ0n) is 23.8. The maximum absolute atomic E-state index is 14.4. The Kier molecular flexibility index (Phi) is 10.5. The highest BCUT2D eigenvalue weighted by atomic mass is 19.1. The lowest BCUT2D eigenvalue weighted by Gasteiger charge is -2.44. The van der Waals surface area contributed by atoms with Crippen molar-refractivity contribution in [1.29, 1.82) is 0 Å². The molecule has 0 aromatic heterocycles. The predicted molar refractivity (Wildman–Crippen MR) is 148 cm³/mol. The van der Waals surface area contributed by atoms with Crippen LogP contribution in [0.3, 0.4) is 0 Å². The van der Waals surface area contributed by atoms with E-state index in [0.29, 0.717) is 18.4 Å². The largest absolute Gasteiger partial charge is 0.493 e. The average Bonchev–Trinajstić information content (AvgIpc) is 3.12. The van der Waals surface area contributed by atoms with Gasteiger partial charge in [-0.1, -0.05) is 24.3 Å². The summed E-state index contributed by atoms with van der Waals surface area (Å²) in [4.78, 5) is 33.0. The van der Waals surface area contributed by atoms with E-state index >= 15 is 0 Å². The number of aliphatic carboxylic acids is 3. The summed E-state index contributed by atoms with van der Waals surface area (Å²) in [5, 5.41) is 45.1. The summed E-state index contributed by atoms with van der Waals surface area (Å²) < 4.78 is 25.7. The lowest BCUT2D eigenvalue weighted by Crippen LogP contribution is -2.49. The molecular weight excluding hydrogens is 553 g/mol. The Bertz CT molecular complexity index is 1250. The van der Waals surface area contributed by atoms with Crippen LogP contribution in [0.5, 0.6) is 11.5 Å². The Hall–Kier alpha value is -3.74. The summed E-state index contributed by atoms with van der Waals surface area (Å²) in [6.45, 7) is 4.79. The van der Waals surface area contributed by atoms with Crippen molar-refractivity contribution < 1.29 is 53.8 Å². The van der Waals surface area contributed by atoms with E-state index in [9.17, 15) is 23.9 Å². The van der Waals surface area contributed by atoms with Crippen molar-refractivity contribution >= 4 is 17.9 Å². The first-order chi connectivity index (χ1) is 19.7. The number of fused-ring (bicyclic) bond motifs is 2. The van der Waals surface area contributed by atoms with E-state index in [-0.39, 0.29) is 24.0 Å². The molecule has 11 nitrogen and oxygen atoms in total. The molecule has 2 aliphatic rings. The highest BCUT2D eigenvalue weighted by Gasteiger charge is 2.49. The number of hydrogen-bond acceptors (Lipinski definition) is 8. The van der Waals surface area contributed by atoms with Crippen LogP contribution in [0.1, 0.15) is 63.5 Å². The molecule has 0 radical (unpaired) electrons. The molecule has 2 saturated heterocycles. The van der Waals surface area contributed by atoms with Crippen molar-refractivity contribution in [2.24, 2.45) is 0 Å². The molecule has 0 saturated carbocycles. The number of hydrogen-bond donors (Lipinski definition) is 5. The van der Waals surface area contributed by atoms with Crippen molar-refractivity contribution in [3.05, 3.63) is 59.4 Å². The van der Waals surface area contributed by atoms with Crippen molar-refractivity contribution in [1.82, 2.24) is 4.90 Å². The fourth-order valence-electron chi connectivity index (χ4n) is 5.72. The quantitative estimate of drug-likeness (QED) is 0.259. The van der Waals surface area contributed by atoms with Crippen molar-refractivity contribution in [2.45, 2.75) is 88.3 Å². The van der Waals surface area contributed by atoms with Crippen LogP contribution in [0.2, 0.25) is 0 Å². The molecule has 2 bridgehead atoms. The number of rotatable bonds is 11. The van der Waals surface area contributed by atoms with Gasteiger partial charge in [-0.3, -0.25) is 14.5 Å². The van der Waals surface area contributed by atoms with E-state index in [4.69, 9.17) is 29.9 Å². The lowest BCUT2D eigenvalue weighted by molar-refractivity contribution is -0.170. The Morgan fingerprint density at radius 2 is 1.57 bits per heavy atom. The molecule has 0 spiro atoms. The number of methoxy groups -OCH3 is 1. The van der Waals surface area contributed by atoms with Gasteiger partial charge < -0.3 is 35.0 Å². The van der Waals surface area contributed by atoms with Crippen LogP contribution in [-0.2, 0) is 26.5 Å². The number of ether oxygens (including phenoxy) is 2. The maximum atomic E-state index is 14.4. The minimum Gasteiger partial charge on any atom is -0.493 e. The second-order valence-electron chi connectivity index (χ2n) is 11.1. The van der Waals surface area contributed by atoms with E-state index in [2.05, 4.69) is 17.0 Å². The number of nitrogens with zero attached hydrogens (tertiary/aromatic N) is 1. The zero-order chi connectivity index (χ0) is 31.2. The number of piperidine rings is 1. The number of carbonyl (C=O) groups is 3. The van der Waals surface area contributed by atoms with Crippen LogP contribution < -0.4 is 9.47 Å². The Morgan fingerprint density at radius 3 is 2.05 bits per heavy atom. The standard InChI is InChI=1S/C24H30FNO3.C6H8O7/c1-16(2)29-23-12-17(8-11-22(23)28-3)15-26-18-9-10-19(26)14-24(27,13-18)20-6-4-5-7-21(20)25;7-3(8)1-6(13,5(11)12)2-4(9)10/h4-8,11-12,16,18-19,27H,9-10,13-15H2,1-3H3;13H,1-2H2,(H,7,8)(H,9,10)(H,11,12). The van der Waals surface area contributed by atoms with Crippen LogP contribution >= 0.6 is 0 Å². The summed E-state index contributed by atoms with van der Waals surface area (Å²) in [5.41, 5.74) is -2.22. The van der Waals surface area contributed by atoms with Crippen LogP contribution in [0.4, 0.5) is 4.39 Å². The van der Waals surface area contributed by atoms with Gasteiger partial charge in [0.1, 0.15) is 5.82 Å². The highest BCUT2D eigenvalue weighted by molar-refractivity contribution is 5.88. The smallest absolute Gasteiger partial charge is 0.336 e. The Balaban J connectivity index is 0.000000316. The third-order valence-electron chi connectivity index (χ3n) is 7.53. The first-order valence-corrected chi connectivity index (χ1v) is 13.6. The Morgan fingerprint density at radius 1 is 1.00 bits per heavy atom. The molecule has 2 heterocycles. The van der Waals surface area contributed by atoms with E-state index in [0.717, 1.165) is 36.4 Å². The van der Waals surface area contributed by atoms with Crippen molar-refractivity contribution in [3.63, 3.8) is 0 Å². The van der Waals surface area contributed by atoms with Crippen molar-refractivity contribution in [3.8, 4) is 11.5 Å². The molecule has 0 aliphatic carbocycles. The van der Waals surface area contributed by atoms with E-state index < -0.39 is 42.0 Å². The summed E-state index contributed by atoms with van der Waals surface area (Å²) in [6, 6.07) is 13.2. The normalized spacial score (nSPS) is 21.8. The second-order valence-corrected chi connectivity index (χ2v) is 11.1. The summed E-state index contributed by atoms with van der Waals surface area (Å²) in [7, 11) is 1.65. The molecule has 2 aromatic rings. The fraction of sp³-hybridized carbons (Fsp3) is 0.500. The summed E-state index contributed by atoms with van der Waals surface area (Å²) in [5.74, 6) is -3.84. The van der Waals surface area contributed by atoms with Gasteiger partial charge in [0.2, 0.25) is 0 Å². The molecule has 0 amide bonds. The van der Waals surface area contributed by atoms with Crippen LogP contribution in [0.25, 0.3) is 0 Å². The molecule has 230 valence electrons. The van der Waals surface area contributed by atoms with Crippen LogP contribution in [-0.4, -0.2) is 79.2 Å². The molecule has 2 unspecified atom stereocenters. The first-order valence-electron chi connectivity index (χ1n) is 13.6. The third kappa shape index (κ3) is 7.96. The van der Waals surface area contributed by atoms with Crippen molar-refractivity contribution in [2.75, 3.05) is 7.11 Å².